The van der Waals surface area contributed by atoms with Crippen LogP contribution in [0.1, 0.15) is 12.0 Å². The van der Waals surface area contributed by atoms with Gasteiger partial charge in [0.2, 0.25) is 5.95 Å². The molecule has 29 heavy (non-hydrogen) atoms. The molecule has 1 aliphatic heterocycles. The van der Waals surface area contributed by atoms with Crippen LogP contribution in [0.4, 0.5) is 30.6 Å². The summed E-state index contributed by atoms with van der Waals surface area (Å²) >= 11 is 0. The lowest BCUT2D eigenvalue weighted by molar-refractivity contribution is -0.137. The minimum atomic E-state index is -4.47. The molecule has 4 rings (SSSR count). The van der Waals surface area contributed by atoms with E-state index in [1.807, 2.05) is 4.90 Å². The minimum Gasteiger partial charge on any atom is -0.339 e. The van der Waals surface area contributed by atoms with Crippen molar-refractivity contribution in [3.05, 3.63) is 52.4 Å². The van der Waals surface area contributed by atoms with Gasteiger partial charge in [-0.3, -0.25) is 4.79 Å². The van der Waals surface area contributed by atoms with Gasteiger partial charge in [0.1, 0.15) is 11.2 Å². The fourth-order valence-electron chi connectivity index (χ4n) is 3.19. The zero-order valence-electron chi connectivity index (χ0n) is 15.0. The Balaban J connectivity index is 0.00000240. The molecular weight excluding hydrogens is 409 g/mol. The predicted molar refractivity (Wildman–Crippen MR) is 107 cm³/mol. The van der Waals surface area contributed by atoms with Crippen molar-refractivity contribution < 1.29 is 13.2 Å². The van der Waals surface area contributed by atoms with Crippen LogP contribution in [0, 0.1) is 0 Å². The summed E-state index contributed by atoms with van der Waals surface area (Å²) in [6, 6.07) is 6.34. The van der Waals surface area contributed by atoms with E-state index in [1.165, 1.54) is 18.3 Å². The molecule has 7 nitrogen and oxygen atoms in total. The fourth-order valence-corrected chi connectivity index (χ4v) is 3.19. The average Bonchev–Trinajstić information content (AvgIpc) is 3.07. The Bertz CT molecular complexity index is 1090. The zero-order chi connectivity index (χ0) is 19.9. The molecule has 0 saturated carbocycles. The Kier molecular flexibility index (Phi) is 5.67. The third-order valence-electron chi connectivity index (χ3n) is 4.57. The van der Waals surface area contributed by atoms with E-state index in [-0.39, 0.29) is 35.3 Å². The van der Waals surface area contributed by atoms with Crippen LogP contribution in [0.25, 0.3) is 10.9 Å². The Morgan fingerprint density at radius 1 is 1.24 bits per heavy atom. The average molecular weight is 427 g/mol. The van der Waals surface area contributed by atoms with Gasteiger partial charge in [0.15, 0.2) is 0 Å². The van der Waals surface area contributed by atoms with E-state index in [9.17, 15) is 18.0 Å². The van der Waals surface area contributed by atoms with Crippen molar-refractivity contribution in [1.29, 1.82) is 0 Å². The molecule has 2 aromatic heterocycles. The standard InChI is InChI=1S/C18H17F3N6O.ClH/c19-18(20,21)10-2-1-3-12(8-10)24-15-14-13(4-6-23-16(14)28)25-17(26-15)27-7-5-11(22)9-27;/h1-4,6,8,11H,5,7,9,22H2,(H,23,28)(H,24,25,26);1H/t11-;/m1./s1. The van der Waals surface area contributed by atoms with Crippen LogP contribution in [-0.4, -0.2) is 34.1 Å². The lowest BCUT2D eigenvalue weighted by atomic mass is 10.2. The minimum absolute atomic E-state index is 0. The van der Waals surface area contributed by atoms with Gasteiger partial charge in [-0.05, 0) is 30.7 Å². The Morgan fingerprint density at radius 3 is 2.72 bits per heavy atom. The van der Waals surface area contributed by atoms with E-state index in [0.717, 1.165) is 18.6 Å². The SMILES string of the molecule is Cl.N[C@@H]1CCN(c2nc(Nc3cccc(C(F)(F)F)c3)c3c(=O)[nH]ccc3n2)C1. The van der Waals surface area contributed by atoms with Gasteiger partial charge >= 0.3 is 6.18 Å². The smallest absolute Gasteiger partial charge is 0.339 e. The number of hydrogen-bond acceptors (Lipinski definition) is 6. The molecule has 0 spiro atoms. The Hall–Kier alpha value is -2.85. The summed E-state index contributed by atoms with van der Waals surface area (Å²) in [6.45, 7) is 1.23. The second-order valence-corrected chi connectivity index (χ2v) is 6.64. The van der Waals surface area contributed by atoms with Gasteiger partial charge in [0.25, 0.3) is 5.56 Å². The van der Waals surface area contributed by atoms with Gasteiger partial charge in [0.05, 0.1) is 11.1 Å². The molecule has 1 saturated heterocycles. The molecular formula is C18H18ClF3N6O. The first-order valence-corrected chi connectivity index (χ1v) is 8.65. The van der Waals surface area contributed by atoms with Crippen LogP contribution >= 0.6 is 12.4 Å². The number of nitrogens with two attached hydrogens (primary N) is 1. The molecule has 1 atom stereocenters. The van der Waals surface area contributed by atoms with E-state index in [0.29, 0.717) is 24.6 Å². The molecule has 0 unspecified atom stereocenters. The molecule has 0 radical (unpaired) electrons. The van der Waals surface area contributed by atoms with E-state index in [4.69, 9.17) is 5.73 Å². The Morgan fingerprint density at radius 2 is 2.03 bits per heavy atom. The Labute approximate surface area is 169 Å². The largest absolute Gasteiger partial charge is 0.416 e. The summed E-state index contributed by atoms with van der Waals surface area (Å²) in [7, 11) is 0. The van der Waals surface area contributed by atoms with Crippen molar-refractivity contribution in [2.45, 2.75) is 18.6 Å². The van der Waals surface area contributed by atoms with Crippen LogP contribution in [0.5, 0.6) is 0 Å². The number of hydrogen-bond donors (Lipinski definition) is 3. The maximum Gasteiger partial charge on any atom is 0.416 e. The van der Waals surface area contributed by atoms with Crippen molar-refractivity contribution in [3.8, 4) is 0 Å². The number of pyridine rings is 1. The number of nitrogens with one attached hydrogen (secondary N) is 2. The van der Waals surface area contributed by atoms with Crippen LogP contribution in [0.2, 0.25) is 0 Å². The summed E-state index contributed by atoms with van der Waals surface area (Å²) in [5, 5.41) is 3.02. The number of benzene rings is 1. The van der Waals surface area contributed by atoms with E-state index in [2.05, 4.69) is 20.3 Å². The summed E-state index contributed by atoms with van der Waals surface area (Å²) in [6.07, 6.45) is -2.22. The predicted octanol–water partition coefficient (Wildman–Crippen LogP) is 3.04. The highest BCUT2D eigenvalue weighted by Crippen LogP contribution is 2.32. The topological polar surface area (TPSA) is 99.9 Å². The fraction of sp³-hybridized carbons (Fsp3) is 0.278. The van der Waals surface area contributed by atoms with Crippen LogP contribution in [0.15, 0.2) is 41.3 Å². The summed E-state index contributed by atoms with van der Waals surface area (Å²) in [4.78, 5) is 25.6. The quantitative estimate of drug-likeness (QED) is 0.595. The van der Waals surface area contributed by atoms with Gasteiger partial charge in [-0.1, -0.05) is 6.07 Å². The van der Waals surface area contributed by atoms with Gasteiger partial charge in [-0.25, -0.2) is 4.98 Å². The van der Waals surface area contributed by atoms with Crippen molar-refractivity contribution in [2.24, 2.45) is 5.73 Å². The number of halogens is 4. The second kappa shape index (κ2) is 7.88. The third-order valence-corrected chi connectivity index (χ3v) is 4.57. The van der Waals surface area contributed by atoms with Gasteiger partial charge in [0, 0.05) is 31.0 Å². The first-order chi connectivity index (χ1) is 13.3. The van der Waals surface area contributed by atoms with Crippen molar-refractivity contribution in [3.63, 3.8) is 0 Å². The van der Waals surface area contributed by atoms with Crippen LogP contribution < -0.4 is 21.5 Å². The number of rotatable bonds is 3. The van der Waals surface area contributed by atoms with Crippen molar-refractivity contribution in [2.75, 3.05) is 23.3 Å². The van der Waals surface area contributed by atoms with Crippen molar-refractivity contribution >= 4 is 40.8 Å². The number of alkyl halides is 3. The molecule has 4 N–H and O–H groups in total. The highest BCUT2D eigenvalue weighted by molar-refractivity contribution is 5.91. The number of nitrogens with zero attached hydrogens (tertiary/aromatic N) is 3. The van der Waals surface area contributed by atoms with Gasteiger partial charge in [-0.2, -0.15) is 18.2 Å². The van der Waals surface area contributed by atoms with E-state index in [1.54, 1.807) is 6.07 Å². The number of fused-ring (bicyclic) bond motifs is 1. The lowest BCUT2D eigenvalue weighted by Gasteiger charge is -2.18. The van der Waals surface area contributed by atoms with E-state index < -0.39 is 17.3 Å². The zero-order valence-corrected chi connectivity index (χ0v) is 15.8. The monoisotopic (exact) mass is 426 g/mol. The first kappa shape index (κ1) is 20.9. The number of H-pyrrole nitrogens is 1. The maximum absolute atomic E-state index is 13.0. The lowest BCUT2D eigenvalue weighted by Crippen LogP contribution is -2.28. The number of aromatic nitrogens is 3. The molecule has 0 amide bonds. The molecule has 0 aliphatic carbocycles. The summed E-state index contributed by atoms with van der Waals surface area (Å²) in [5.74, 6) is 0.516. The second-order valence-electron chi connectivity index (χ2n) is 6.64. The molecule has 1 aliphatic rings. The summed E-state index contributed by atoms with van der Waals surface area (Å²) in [5.41, 5.74) is 5.28. The van der Waals surface area contributed by atoms with E-state index >= 15 is 0 Å². The normalized spacial score (nSPS) is 16.7. The molecule has 3 heterocycles. The summed E-state index contributed by atoms with van der Waals surface area (Å²) < 4.78 is 39.0. The third kappa shape index (κ3) is 4.28. The molecule has 3 aromatic rings. The molecule has 11 heteroatoms. The highest BCUT2D eigenvalue weighted by atomic mass is 35.5. The number of anilines is 3. The molecule has 1 fully saturated rings. The number of aromatic amines is 1. The molecule has 154 valence electrons. The van der Waals surface area contributed by atoms with Crippen LogP contribution in [0.3, 0.4) is 0 Å². The first-order valence-electron chi connectivity index (χ1n) is 8.65. The maximum atomic E-state index is 13.0. The van der Waals surface area contributed by atoms with Gasteiger partial charge < -0.3 is 20.9 Å². The van der Waals surface area contributed by atoms with Gasteiger partial charge in [-0.15, -0.1) is 12.4 Å². The molecule has 1 aromatic carbocycles. The molecule has 0 bridgehead atoms. The van der Waals surface area contributed by atoms with Crippen LogP contribution in [-0.2, 0) is 6.18 Å². The highest BCUT2D eigenvalue weighted by Gasteiger charge is 2.30. The van der Waals surface area contributed by atoms with Crippen molar-refractivity contribution in [1.82, 2.24) is 15.0 Å².